The van der Waals surface area contributed by atoms with Crippen molar-refractivity contribution in [3.8, 4) is 5.75 Å². The third-order valence-electron chi connectivity index (χ3n) is 3.28. The van der Waals surface area contributed by atoms with Crippen LogP contribution in [0.1, 0.15) is 32.8 Å². The predicted molar refractivity (Wildman–Crippen MR) is 71.0 cm³/mol. The van der Waals surface area contributed by atoms with E-state index >= 15 is 0 Å². The summed E-state index contributed by atoms with van der Waals surface area (Å²) in [5, 5.41) is 9.81. The first-order valence-electron chi connectivity index (χ1n) is 6.50. The first kappa shape index (κ1) is 13.4. The molecule has 2 unspecified atom stereocenters. The van der Waals surface area contributed by atoms with Gasteiger partial charge in [0.15, 0.2) is 0 Å². The van der Waals surface area contributed by atoms with Crippen LogP contribution in [0.2, 0.25) is 0 Å². The van der Waals surface area contributed by atoms with Crippen LogP contribution < -0.4 is 4.74 Å². The van der Waals surface area contributed by atoms with Gasteiger partial charge in [0.2, 0.25) is 0 Å². The van der Waals surface area contributed by atoms with E-state index in [4.69, 9.17) is 9.47 Å². The molecule has 0 aromatic heterocycles. The molecule has 1 aromatic rings. The van der Waals surface area contributed by atoms with Crippen LogP contribution in [-0.2, 0) is 10.2 Å². The summed E-state index contributed by atoms with van der Waals surface area (Å²) in [4.78, 5) is 0. The van der Waals surface area contributed by atoms with Crippen molar-refractivity contribution >= 4 is 0 Å². The molecule has 1 saturated heterocycles. The maximum atomic E-state index is 9.81. The molecule has 1 heterocycles. The highest BCUT2D eigenvalue weighted by molar-refractivity contribution is 5.31. The van der Waals surface area contributed by atoms with E-state index in [0.717, 1.165) is 5.75 Å². The fraction of sp³-hybridized carbons (Fsp3) is 0.600. The van der Waals surface area contributed by atoms with Gasteiger partial charge in [-0.2, -0.15) is 0 Å². The van der Waals surface area contributed by atoms with E-state index in [1.165, 1.54) is 5.56 Å². The molecule has 3 heteroatoms. The first-order valence-corrected chi connectivity index (χ1v) is 6.50. The van der Waals surface area contributed by atoms with Gasteiger partial charge in [0.1, 0.15) is 11.9 Å². The lowest BCUT2D eigenvalue weighted by atomic mass is 9.87. The number of rotatable bonds is 2. The van der Waals surface area contributed by atoms with Crippen molar-refractivity contribution in [3.05, 3.63) is 29.8 Å². The van der Waals surface area contributed by atoms with Crippen molar-refractivity contribution in [2.24, 2.45) is 0 Å². The van der Waals surface area contributed by atoms with Gasteiger partial charge in [0.05, 0.1) is 12.7 Å². The lowest BCUT2D eigenvalue weighted by molar-refractivity contribution is -0.0735. The molecule has 2 rings (SSSR count). The van der Waals surface area contributed by atoms with Gasteiger partial charge in [-0.25, -0.2) is 0 Å². The Morgan fingerprint density at radius 3 is 2.44 bits per heavy atom. The second-order valence-electron chi connectivity index (χ2n) is 5.86. The number of aliphatic hydroxyl groups excluding tert-OH is 1. The van der Waals surface area contributed by atoms with E-state index in [9.17, 15) is 5.11 Å². The van der Waals surface area contributed by atoms with Crippen LogP contribution in [0.5, 0.6) is 5.75 Å². The highest BCUT2D eigenvalue weighted by atomic mass is 16.5. The summed E-state index contributed by atoms with van der Waals surface area (Å²) in [5.74, 6) is 0.789. The van der Waals surface area contributed by atoms with Crippen LogP contribution in [0.3, 0.4) is 0 Å². The highest BCUT2D eigenvalue weighted by Gasteiger charge is 2.25. The Balaban J connectivity index is 2.02. The molecule has 1 fully saturated rings. The van der Waals surface area contributed by atoms with Crippen LogP contribution >= 0.6 is 0 Å². The molecular formula is C15H22O3. The minimum Gasteiger partial charge on any atom is -0.485 e. The Morgan fingerprint density at radius 2 is 1.89 bits per heavy atom. The minimum atomic E-state index is -0.430. The average Bonchev–Trinajstić information content (AvgIpc) is 2.32. The highest BCUT2D eigenvalue weighted by Crippen LogP contribution is 2.25. The quantitative estimate of drug-likeness (QED) is 0.876. The van der Waals surface area contributed by atoms with E-state index in [2.05, 4.69) is 32.9 Å². The van der Waals surface area contributed by atoms with Crippen LogP contribution in [0.25, 0.3) is 0 Å². The zero-order valence-corrected chi connectivity index (χ0v) is 11.3. The molecular weight excluding hydrogens is 228 g/mol. The Hall–Kier alpha value is -1.06. The maximum absolute atomic E-state index is 9.81. The maximum Gasteiger partial charge on any atom is 0.148 e. The van der Waals surface area contributed by atoms with E-state index in [0.29, 0.717) is 19.6 Å². The molecule has 2 atom stereocenters. The molecule has 1 aliphatic rings. The number of ether oxygens (including phenoxy) is 2. The van der Waals surface area contributed by atoms with Gasteiger partial charge in [0.25, 0.3) is 0 Å². The molecule has 0 bridgehead atoms. The largest absolute Gasteiger partial charge is 0.485 e. The molecule has 18 heavy (non-hydrogen) atoms. The Labute approximate surface area is 109 Å². The van der Waals surface area contributed by atoms with Gasteiger partial charge >= 0.3 is 0 Å². The van der Waals surface area contributed by atoms with E-state index in [1.54, 1.807) is 0 Å². The molecule has 1 aromatic carbocycles. The number of hydrogen-bond donors (Lipinski definition) is 1. The third-order valence-corrected chi connectivity index (χ3v) is 3.28. The molecule has 0 amide bonds. The topological polar surface area (TPSA) is 38.7 Å². The third kappa shape index (κ3) is 3.24. The van der Waals surface area contributed by atoms with Crippen molar-refractivity contribution in [1.82, 2.24) is 0 Å². The monoisotopic (exact) mass is 250 g/mol. The summed E-state index contributed by atoms with van der Waals surface area (Å²) >= 11 is 0. The first-order chi connectivity index (χ1) is 8.47. The molecule has 1 N–H and O–H groups in total. The van der Waals surface area contributed by atoms with Gasteiger partial charge < -0.3 is 14.6 Å². The molecule has 0 radical (unpaired) electrons. The standard InChI is InChI=1S/C15H22O3/c1-15(2,3)11-4-6-12(7-5-11)18-14-10-17-9-8-13(14)16/h4-7,13-14,16H,8-10H2,1-3H3. The van der Waals surface area contributed by atoms with Gasteiger partial charge in [-0.15, -0.1) is 0 Å². The zero-order chi connectivity index (χ0) is 13.2. The van der Waals surface area contributed by atoms with Crippen LogP contribution in [0, 0.1) is 0 Å². The SMILES string of the molecule is CC(C)(C)c1ccc(OC2COCCC2O)cc1. The number of hydrogen-bond acceptors (Lipinski definition) is 3. The van der Waals surface area contributed by atoms with E-state index in [1.807, 2.05) is 12.1 Å². The number of benzene rings is 1. The molecule has 0 aliphatic carbocycles. The van der Waals surface area contributed by atoms with Crippen molar-refractivity contribution in [2.45, 2.75) is 44.8 Å². The van der Waals surface area contributed by atoms with Crippen LogP contribution in [-0.4, -0.2) is 30.5 Å². The smallest absolute Gasteiger partial charge is 0.148 e. The summed E-state index contributed by atoms with van der Waals surface area (Å²) in [6.45, 7) is 7.62. The summed E-state index contributed by atoms with van der Waals surface area (Å²) in [7, 11) is 0. The van der Waals surface area contributed by atoms with Crippen molar-refractivity contribution < 1.29 is 14.6 Å². The van der Waals surface area contributed by atoms with Crippen molar-refractivity contribution in [2.75, 3.05) is 13.2 Å². The van der Waals surface area contributed by atoms with Gasteiger partial charge in [-0.3, -0.25) is 0 Å². The number of aliphatic hydroxyl groups is 1. The Morgan fingerprint density at radius 1 is 1.22 bits per heavy atom. The molecule has 1 aliphatic heterocycles. The zero-order valence-electron chi connectivity index (χ0n) is 11.3. The Kier molecular flexibility index (Phi) is 3.93. The summed E-state index contributed by atoms with van der Waals surface area (Å²) in [6, 6.07) is 8.07. The molecule has 3 nitrogen and oxygen atoms in total. The lowest BCUT2D eigenvalue weighted by Gasteiger charge is -2.28. The van der Waals surface area contributed by atoms with E-state index in [-0.39, 0.29) is 11.5 Å². The van der Waals surface area contributed by atoms with Gasteiger partial charge in [0, 0.05) is 13.0 Å². The average molecular weight is 250 g/mol. The second kappa shape index (κ2) is 5.29. The summed E-state index contributed by atoms with van der Waals surface area (Å²) in [5.41, 5.74) is 1.42. The van der Waals surface area contributed by atoms with Gasteiger partial charge in [-0.05, 0) is 23.1 Å². The summed E-state index contributed by atoms with van der Waals surface area (Å²) < 4.78 is 11.1. The van der Waals surface area contributed by atoms with Crippen molar-refractivity contribution in [1.29, 1.82) is 0 Å². The minimum absolute atomic E-state index is 0.145. The fourth-order valence-corrected chi connectivity index (χ4v) is 2.02. The molecule has 0 saturated carbocycles. The van der Waals surface area contributed by atoms with Crippen molar-refractivity contribution in [3.63, 3.8) is 0 Å². The summed E-state index contributed by atoms with van der Waals surface area (Å²) in [6.07, 6.45) is -0.0367. The normalized spacial score (nSPS) is 24.9. The fourth-order valence-electron chi connectivity index (χ4n) is 2.02. The van der Waals surface area contributed by atoms with Gasteiger partial charge in [-0.1, -0.05) is 32.9 Å². The second-order valence-corrected chi connectivity index (χ2v) is 5.86. The van der Waals surface area contributed by atoms with Crippen LogP contribution in [0.15, 0.2) is 24.3 Å². The lowest BCUT2D eigenvalue weighted by Crippen LogP contribution is -2.40. The predicted octanol–water partition coefficient (Wildman–Crippen LogP) is 2.51. The van der Waals surface area contributed by atoms with E-state index < -0.39 is 6.10 Å². The van der Waals surface area contributed by atoms with Crippen LogP contribution in [0.4, 0.5) is 0 Å². The molecule has 0 spiro atoms. The Bertz CT molecular complexity index is 378. The molecule has 100 valence electrons.